The fraction of sp³-hybridized carbons (Fsp3) is 0.294. The maximum absolute atomic E-state index is 12.2. The maximum Gasteiger partial charge on any atom is 0.131 e. The molecule has 5 nitrogen and oxygen atoms in total. The highest BCUT2D eigenvalue weighted by Crippen LogP contribution is 2.49. The number of aliphatic hydroxyl groups excluding tert-OH is 1. The summed E-state index contributed by atoms with van der Waals surface area (Å²) in [5.74, 6) is 1.78. The number of hydrogen-bond donors (Lipinski definition) is 1. The van der Waals surface area contributed by atoms with Gasteiger partial charge in [0.15, 0.2) is 0 Å². The molecule has 3 aliphatic heterocycles. The minimum Gasteiger partial charge on any atom is -1.00 e. The van der Waals surface area contributed by atoms with Crippen molar-refractivity contribution in [1.82, 2.24) is 9.97 Å². The van der Waals surface area contributed by atoms with Gasteiger partial charge in [0.1, 0.15) is 24.4 Å². The van der Waals surface area contributed by atoms with E-state index in [0.29, 0.717) is 11.8 Å². The zero-order chi connectivity index (χ0) is 26.6. The third kappa shape index (κ3) is 4.30. The molecule has 0 radical (unpaired) electrons. The molecule has 0 spiro atoms. The van der Waals surface area contributed by atoms with E-state index in [1.807, 2.05) is 30.5 Å². The van der Waals surface area contributed by atoms with Crippen LogP contribution in [-0.4, -0.2) is 45.8 Å². The van der Waals surface area contributed by atoms with E-state index in [4.69, 9.17) is 9.72 Å². The molecule has 0 saturated carbocycles. The first-order valence-corrected chi connectivity index (χ1v) is 14.0. The number of rotatable bonds is 6. The van der Waals surface area contributed by atoms with Gasteiger partial charge in [-0.1, -0.05) is 42.5 Å². The third-order valence-electron chi connectivity index (χ3n) is 9.51. The summed E-state index contributed by atoms with van der Waals surface area (Å²) >= 11 is 0. The molecule has 40 heavy (non-hydrogen) atoms. The highest BCUT2D eigenvalue weighted by Gasteiger charge is 2.54. The van der Waals surface area contributed by atoms with Crippen LogP contribution in [0.3, 0.4) is 0 Å². The molecule has 2 aromatic heterocycles. The number of methoxy groups -OCH3 is 1. The van der Waals surface area contributed by atoms with Crippen LogP contribution < -0.4 is 21.7 Å². The highest BCUT2D eigenvalue weighted by atomic mass is 79.9. The van der Waals surface area contributed by atoms with Crippen molar-refractivity contribution < 1.29 is 31.3 Å². The summed E-state index contributed by atoms with van der Waals surface area (Å²) in [7, 11) is 1.68. The van der Waals surface area contributed by atoms with Gasteiger partial charge in [0, 0.05) is 46.7 Å². The van der Waals surface area contributed by atoms with Crippen molar-refractivity contribution >= 4 is 32.7 Å². The molecule has 6 heteroatoms. The monoisotopic (exact) mass is 595 g/mol. The normalized spacial score (nSPS) is 24.6. The van der Waals surface area contributed by atoms with Gasteiger partial charge in [-0.3, -0.25) is 4.98 Å². The molecular formula is C34H34BrN3O2. The number of hydrogen-bond acceptors (Lipinski definition) is 4. The SMILES string of the molecule is C=CC1C[N+]2(Cc3c4ccccc4nc4ccccc34)CCC1CC2[C@H](O)c1ccnc2ccc(OC)cc12.[Br-]. The van der Waals surface area contributed by atoms with Gasteiger partial charge in [0.25, 0.3) is 0 Å². The lowest BCUT2D eigenvalue weighted by atomic mass is 9.71. The number of aliphatic hydroxyl groups is 1. The lowest BCUT2D eigenvalue weighted by Gasteiger charge is -2.58. The number of piperidine rings is 3. The number of para-hydroxylation sites is 2. The molecule has 5 heterocycles. The zero-order valence-corrected chi connectivity index (χ0v) is 24.3. The van der Waals surface area contributed by atoms with Crippen molar-refractivity contribution in [3.8, 4) is 5.75 Å². The van der Waals surface area contributed by atoms with E-state index in [2.05, 4.69) is 66.2 Å². The van der Waals surface area contributed by atoms with Gasteiger partial charge in [-0.25, -0.2) is 4.98 Å². The average molecular weight is 597 g/mol. The topological polar surface area (TPSA) is 55.2 Å². The Morgan fingerprint density at radius 2 is 1.73 bits per heavy atom. The minimum absolute atomic E-state index is 0. The van der Waals surface area contributed by atoms with Crippen LogP contribution in [-0.2, 0) is 6.54 Å². The van der Waals surface area contributed by atoms with Gasteiger partial charge in [-0.05, 0) is 47.9 Å². The highest BCUT2D eigenvalue weighted by molar-refractivity contribution is 5.97. The van der Waals surface area contributed by atoms with Crippen LogP contribution in [0.25, 0.3) is 32.7 Å². The van der Waals surface area contributed by atoms with Gasteiger partial charge < -0.3 is 31.3 Å². The number of ether oxygens (including phenoxy) is 1. The van der Waals surface area contributed by atoms with E-state index in [0.717, 1.165) is 70.2 Å². The van der Waals surface area contributed by atoms with Crippen molar-refractivity contribution in [2.75, 3.05) is 20.2 Å². The molecular weight excluding hydrogens is 562 g/mol. The van der Waals surface area contributed by atoms with E-state index in [1.54, 1.807) is 7.11 Å². The molecule has 3 aliphatic rings. The lowest BCUT2D eigenvalue weighted by molar-refractivity contribution is -0.984. The van der Waals surface area contributed by atoms with Gasteiger partial charge in [-0.2, -0.15) is 0 Å². The van der Waals surface area contributed by atoms with Gasteiger partial charge >= 0.3 is 0 Å². The Morgan fingerprint density at radius 3 is 2.42 bits per heavy atom. The summed E-state index contributed by atoms with van der Waals surface area (Å²) in [5, 5.41) is 15.6. The summed E-state index contributed by atoms with van der Waals surface area (Å²) in [4.78, 5) is 9.56. The summed E-state index contributed by atoms with van der Waals surface area (Å²) in [6.07, 6.45) is 5.51. The summed E-state index contributed by atoms with van der Waals surface area (Å²) in [6.45, 7) is 7.12. The second-order valence-corrected chi connectivity index (χ2v) is 11.4. The molecule has 8 rings (SSSR count). The van der Waals surface area contributed by atoms with E-state index in [1.165, 1.54) is 16.3 Å². The fourth-order valence-corrected chi connectivity index (χ4v) is 7.53. The third-order valence-corrected chi connectivity index (χ3v) is 9.51. The van der Waals surface area contributed by atoms with Crippen LogP contribution in [0.5, 0.6) is 5.75 Å². The Kier molecular flexibility index (Phi) is 7.11. The Bertz CT molecular complexity index is 1670. The number of quaternary nitrogens is 1. The second kappa shape index (κ2) is 10.6. The molecule has 5 aromatic rings. The van der Waals surface area contributed by atoms with Crippen LogP contribution >= 0.6 is 0 Å². The van der Waals surface area contributed by atoms with E-state index in [-0.39, 0.29) is 23.0 Å². The Labute approximate surface area is 245 Å². The molecule has 4 unspecified atom stereocenters. The molecule has 1 N–H and O–H groups in total. The Morgan fingerprint density at radius 1 is 1.00 bits per heavy atom. The van der Waals surface area contributed by atoms with E-state index >= 15 is 0 Å². The van der Waals surface area contributed by atoms with Gasteiger partial charge in [-0.15, -0.1) is 6.58 Å². The number of fused-ring (bicyclic) bond motifs is 6. The standard InChI is InChI=1S/C34H34N3O2.BrH/c1-3-22-20-37(21-29-25-8-4-6-10-31(25)36-32-11-7-5-9-26(29)32)17-15-23(22)18-33(37)34(38)27-14-16-35-30-13-12-24(39-2)19-28(27)30;/h3-14,16,19,22-23,33-34,38H,1,15,17-18,20-21H2,2H3;1H/q+1;/p-1/t22?,23?,33?,34-,37?;/m1./s1. The number of benzene rings is 3. The molecule has 2 bridgehead atoms. The summed E-state index contributed by atoms with van der Waals surface area (Å²) in [6, 6.07) is 25.0. The zero-order valence-electron chi connectivity index (χ0n) is 22.7. The smallest absolute Gasteiger partial charge is 0.131 e. The van der Waals surface area contributed by atoms with Gasteiger partial charge in [0.2, 0.25) is 0 Å². The molecule has 3 fully saturated rings. The molecule has 0 amide bonds. The lowest BCUT2D eigenvalue weighted by Crippen LogP contribution is -3.00. The first-order chi connectivity index (χ1) is 19.1. The number of halogens is 1. The first kappa shape index (κ1) is 26.9. The van der Waals surface area contributed by atoms with Crippen LogP contribution in [0.1, 0.15) is 30.1 Å². The predicted molar refractivity (Wildman–Crippen MR) is 156 cm³/mol. The maximum atomic E-state index is 12.2. The number of aromatic nitrogens is 2. The molecule has 0 aliphatic carbocycles. The van der Waals surface area contributed by atoms with E-state index < -0.39 is 6.10 Å². The first-order valence-electron chi connectivity index (χ1n) is 14.0. The summed E-state index contributed by atoms with van der Waals surface area (Å²) < 4.78 is 6.38. The van der Waals surface area contributed by atoms with Crippen molar-refractivity contribution in [3.05, 3.63) is 103 Å². The molecule has 204 valence electrons. The number of nitrogens with zero attached hydrogens (tertiary/aromatic N) is 3. The van der Waals surface area contributed by atoms with Crippen molar-refractivity contribution in [2.24, 2.45) is 11.8 Å². The van der Waals surface area contributed by atoms with Crippen LogP contribution in [0.15, 0.2) is 91.6 Å². The van der Waals surface area contributed by atoms with Gasteiger partial charge in [0.05, 0.1) is 36.7 Å². The Balaban J connectivity index is 0.00000289. The average Bonchev–Trinajstić information content (AvgIpc) is 3.00. The quantitative estimate of drug-likeness (QED) is 0.185. The largest absolute Gasteiger partial charge is 1.00 e. The summed E-state index contributed by atoms with van der Waals surface area (Å²) in [5.41, 5.74) is 5.21. The van der Waals surface area contributed by atoms with Crippen molar-refractivity contribution in [2.45, 2.75) is 31.5 Å². The van der Waals surface area contributed by atoms with E-state index in [9.17, 15) is 5.11 Å². The molecule has 3 aromatic carbocycles. The Hall–Kier alpha value is -3.32. The van der Waals surface area contributed by atoms with Crippen LogP contribution in [0.4, 0.5) is 0 Å². The predicted octanol–water partition coefficient (Wildman–Crippen LogP) is 3.59. The molecule has 3 saturated heterocycles. The number of pyridine rings is 2. The van der Waals surface area contributed by atoms with Crippen LogP contribution in [0, 0.1) is 11.8 Å². The second-order valence-electron chi connectivity index (χ2n) is 11.4. The molecule has 5 atom stereocenters. The fourth-order valence-electron chi connectivity index (χ4n) is 7.53. The van der Waals surface area contributed by atoms with Crippen molar-refractivity contribution in [3.63, 3.8) is 0 Å². The minimum atomic E-state index is -0.615. The van der Waals surface area contributed by atoms with Crippen LogP contribution in [0.2, 0.25) is 0 Å². The van der Waals surface area contributed by atoms with Crippen molar-refractivity contribution in [1.29, 1.82) is 0 Å².